The van der Waals surface area contributed by atoms with Gasteiger partial charge < -0.3 is 9.64 Å². The maximum atomic E-state index is 13.1. The number of hydrogen-bond acceptors (Lipinski definition) is 7. The molecule has 12 heteroatoms. The third-order valence-electron chi connectivity index (χ3n) is 5.66. The number of ketones is 1. The molecule has 0 saturated carbocycles. The Hall–Kier alpha value is -3.70. The monoisotopic (exact) mass is 463 g/mol. The van der Waals surface area contributed by atoms with Crippen LogP contribution in [-0.4, -0.2) is 53.6 Å². The van der Waals surface area contributed by atoms with Gasteiger partial charge in [-0.1, -0.05) is 6.92 Å². The van der Waals surface area contributed by atoms with Gasteiger partial charge in [-0.25, -0.2) is 14.8 Å². The molecule has 33 heavy (non-hydrogen) atoms. The molecule has 2 aliphatic rings. The number of carbonyl (C=O) groups is 3. The van der Waals surface area contributed by atoms with Crippen molar-refractivity contribution in [3.8, 4) is 5.75 Å². The number of nitrogens with zero attached hydrogens (tertiary/aromatic N) is 4. The van der Waals surface area contributed by atoms with Crippen molar-refractivity contribution in [2.24, 2.45) is 5.92 Å². The minimum absolute atomic E-state index is 0.132. The first kappa shape index (κ1) is 22.5. The van der Waals surface area contributed by atoms with Crippen LogP contribution in [0.15, 0.2) is 30.5 Å². The lowest BCUT2D eigenvalue weighted by molar-refractivity contribution is -0.168. The van der Waals surface area contributed by atoms with Crippen LogP contribution in [0.25, 0.3) is 0 Å². The minimum atomic E-state index is -4.49. The lowest BCUT2D eigenvalue weighted by atomic mass is 10.0. The molecule has 4 rings (SSSR count). The van der Waals surface area contributed by atoms with Gasteiger partial charge in [-0.2, -0.15) is 13.2 Å². The van der Waals surface area contributed by atoms with Crippen LogP contribution in [0.5, 0.6) is 5.75 Å². The van der Waals surface area contributed by atoms with Crippen molar-refractivity contribution >= 4 is 35.6 Å². The number of hydrogen-bond donors (Lipinski definition) is 1. The Kier molecular flexibility index (Phi) is 5.91. The molecule has 2 aliphatic heterocycles. The number of carbonyl (C=O) groups excluding carboxylic acids is 3. The van der Waals surface area contributed by atoms with Crippen molar-refractivity contribution in [1.82, 2.24) is 9.97 Å². The third kappa shape index (κ3) is 4.59. The van der Waals surface area contributed by atoms with E-state index in [1.807, 2.05) is 4.90 Å². The molecule has 1 saturated heterocycles. The van der Waals surface area contributed by atoms with Crippen molar-refractivity contribution in [3.05, 3.63) is 36.2 Å². The van der Waals surface area contributed by atoms with Crippen molar-refractivity contribution < 1.29 is 32.3 Å². The molecule has 174 valence electrons. The lowest BCUT2D eigenvalue weighted by Gasteiger charge is -2.35. The zero-order valence-corrected chi connectivity index (χ0v) is 17.5. The predicted molar refractivity (Wildman–Crippen MR) is 111 cm³/mol. The van der Waals surface area contributed by atoms with Gasteiger partial charge in [0.05, 0.1) is 17.6 Å². The van der Waals surface area contributed by atoms with Gasteiger partial charge in [-0.3, -0.25) is 19.8 Å². The number of aromatic nitrogens is 2. The second kappa shape index (κ2) is 8.68. The van der Waals surface area contributed by atoms with E-state index in [2.05, 4.69) is 15.3 Å². The summed E-state index contributed by atoms with van der Waals surface area (Å²) < 4.78 is 43.4. The molecule has 0 aliphatic carbocycles. The quantitative estimate of drug-likeness (QED) is 0.517. The van der Waals surface area contributed by atoms with Crippen molar-refractivity contribution in [2.45, 2.75) is 32.0 Å². The molecular weight excluding hydrogens is 443 g/mol. The average molecular weight is 463 g/mol. The number of nitrogens with one attached hydrogen (secondary N) is 1. The highest BCUT2D eigenvalue weighted by atomic mass is 19.4. The number of ether oxygens (including phenoxy) is 1. The molecule has 2 atom stereocenters. The normalized spacial score (nSPS) is 17.9. The molecule has 0 spiro atoms. The zero-order chi connectivity index (χ0) is 23.8. The summed E-state index contributed by atoms with van der Waals surface area (Å²) in [7, 11) is 0. The Morgan fingerprint density at radius 1 is 1.33 bits per heavy atom. The Balaban J connectivity index is 1.61. The first-order valence-electron chi connectivity index (χ1n) is 10.2. The van der Waals surface area contributed by atoms with Crippen LogP contribution in [0, 0.1) is 5.92 Å². The van der Waals surface area contributed by atoms with E-state index in [9.17, 15) is 27.6 Å². The maximum Gasteiger partial charge on any atom is 0.391 e. The molecule has 0 radical (unpaired) electrons. The summed E-state index contributed by atoms with van der Waals surface area (Å²) >= 11 is 0. The molecule has 0 unspecified atom stereocenters. The fourth-order valence-electron chi connectivity index (χ4n) is 3.90. The van der Waals surface area contributed by atoms with Gasteiger partial charge in [0.25, 0.3) is 6.47 Å². The highest BCUT2D eigenvalue weighted by Gasteiger charge is 2.41. The summed E-state index contributed by atoms with van der Waals surface area (Å²) in [4.78, 5) is 47.9. The molecule has 4 heterocycles. The largest absolute Gasteiger partial charge is 0.429 e. The molecule has 2 aromatic rings. The fourth-order valence-corrected chi connectivity index (χ4v) is 3.90. The smallest absolute Gasteiger partial charge is 0.391 e. The van der Waals surface area contributed by atoms with Crippen LogP contribution in [0.2, 0.25) is 0 Å². The van der Waals surface area contributed by atoms with Gasteiger partial charge in [0.1, 0.15) is 17.3 Å². The van der Waals surface area contributed by atoms with Gasteiger partial charge in [0, 0.05) is 31.8 Å². The maximum absolute atomic E-state index is 13.1. The fraction of sp³-hybridized carbons (Fsp3) is 0.381. The summed E-state index contributed by atoms with van der Waals surface area (Å²) in [6, 6.07) is 4.99. The standard InChI is InChI=1S/C21H20F3N5O4/c1-12(21(22,23)24)8-17(31)15-2-3-16-19(26-15)29(13-5-7-28(16)10-13)20(32)27-18-9-14(33-11-30)4-6-25-18/h2-4,6,9,11-13H,5,7-8,10H2,1H3,(H,25,27,32)/t12-,13-/m0/s1. The van der Waals surface area contributed by atoms with Crippen LogP contribution in [0.4, 0.5) is 35.3 Å². The average Bonchev–Trinajstić information content (AvgIpc) is 3.17. The predicted octanol–water partition coefficient (Wildman–Crippen LogP) is 3.41. The first-order chi connectivity index (χ1) is 15.7. The van der Waals surface area contributed by atoms with Crippen molar-refractivity contribution in [1.29, 1.82) is 0 Å². The van der Waals surface area contributed by atoms with E-state index in [-0.39, 0.29) is 35.6 Å². The van der Waals surface area contributed by atoms with E-state index in [0.717, 1.165) is 6.92 Å². The molecule has 2 bridgehead atoms. The van der Waals surface area contributed by atoms with E-state index in [1.165, 1.54) is 29.3 Å². The van der Waals surface area contributed by atoms with E-state index in [0.29, 0.717) is 25.2 Å². The topological polar surface area (TPSA) is 105 Å². The Morgan fingerprint density at radius 2 is 2.12 bits per heavy atom. The first-order valence-corrected chi connectivity index (χ1v) is 10.2. The Morgan fingerprint density at radius 3 is 2.85 bits per heavy atom. The van der Waals surface area contributed by atoms with Crippen molar-refractivity contribution in [2.75, 3.05) is 28.2 Å². The third-order valence-corrected chi connectivity index (χ3v) is 5.66. The van der Waals surface area contributed by atoms with Gasteiger partial charge in [-0.05, 0) is 24.6 Å². The van der Waals surface area contributed by atoms with Gasteiger partial charge in [0.2, 0.25) is 0 Å². The van der Waals surface area contributed by atoms with Crippen LogP contribution in [-0.2, 0) is 4.79 Å². The SMILES string of the molecule is C[C@@H](CC(=O)c1ccc2c(n1)N(C(=O)Nc1cc(OC=O)ccn1)[C@H]1CCN2C1)C(F)(F)F. The number of fused-ring (bicyclic) bond motifs is 4. The number of rotatable bonds is 6. The Bertz CT molecular complexity index is 1090. The Labute approximate surface area is 186 Å². The number of halogens is 3. The zero-order valence-electron chi connectivity index (χ0n) is 17.5. The highest BCUT2D eigenvalue weighted by molar-refractivity contribution is 6.05. The molecule has 1 fully saturated rings. The summed E-state index contributed by atoms with van der Waals surface area (Å²) in [5.74, 6) is -2.05. The van der Waals surface area contributed by atoms with Crippen LogP contribution >= 0.6 is 0 Å². The molecule has 0 aromatic carbocycles. The van der Waals surface area contributed by atoms with E-state index in [1.54, 1.807) is 6.07 Å². The van der Waals surface area contributed by atoms with E-state index in [4.69, 9.17) is 4.74 Å². The number of amides is 2. The number of urea groups is 1. The van der Waals surface area contributed by atoms with E-state index < -0.39 is 30.3 Å². The van der Waals surface area contributed by atoms with Crippen LogP contribution in [0.1, 0.15) is 30.3 Å². The molecule has 2 amide bonds. The number of anilines is 3. The molecule has 9 nitrogen and oxygen atoms in total. The summed E-state index contributed by atoms with van der Waals surface area (Å²) in [6.07, 6.45) is -3.22. The molecular formula is C21H20F3N5O4. The van der Waals surface area contributed by atoms with Gasteiger partial charge in [0.15, 0.2) is 11.6 Å². The highest BCUT2D eigenvalue weighted by Crippen LogP contribution is 2.39. The molecule has 2 aromatic heterocycles. The summed E-state index contributed by atoms with van der Waals surface area (Å²) in [5, 5.41) is 2.62. The van der Waals surface area contributed by atoms with Crippen molar-refractivity contribution in [3.63, 3.8) is 0 Å². The summed E-state index contributed by atoms with van der Waals surface area (Å²) in [6.45, 7) is 2.42. The second-order valence-electron chi connectivity index (χ2n) is 7.89. The summed E-state index contributed by atoms with van der Waals surface area (Å²) in [5.41, 5.74) is 0.481. The second-order valence-corrected chi connectivity index (χ2v) is 7.89. The van der Waals surface area contributed by atoms with Gasteiger partial charge in [-0.15, -0.1) is 0 Å². The number of Topliss-reactive ketones (excluding diaryl/α,β-unsaturated/α-hetero) is 1. The lowest BCUT2D eigenvalue weighted by Crippen LogP contribution is -2.48. The van der Waals surface area contributed by atoms with Crippen LogP contribution < -0.4 is 19.9 Å². The minimum Gasteiger partial charge on any atom is -0.429 e. The number of alkyl halides is 3. The van der Waals surface area contributed by atoms with Crippen LogP contribution in [0.3, 0.4) is 0 Å². The molecule has 1 N–H and O–H groups in total. The number of pyridine rings is 2. The van der Waals surface area contributed by atoms with Gasteiger partial charge >= 0.3 is 12.2 Å². The van der Waals surface area contributed by atoms with E-state index >= 15 is 0 Å².